The van der Waals surface area contributed by atoms with Gasteiger partial charge in [0.1, 0.15) is 17.9 Å². The summed E-state index contributed by atoms with van der Waals surface area (Å²) >= 11 is 0. The first-order valence-corrected chi connectivity index (χ1v) is 10.9. The quantitative estimate of drug-likeness (QED) is 0.545. The highest BCUT2D eigenvalue weighted by Crippen LogP contribution is 2.20. The fourth-order valence-electron chi connectivity index (χ4n) is 3.90. The second-order valence-corrected chi connectivity index (χ2v) is 8.17. The number of carbonyl (C=O) groups is 1. The number of unbranched alkanes of at least 4 members (excludes halogenated alkanes) is 1. The molecule has 31 heavy (non-hydrogen) atoms. The molecule has 164 valence electrons. The van der Waals surface area contributed by atoms with Gasteiger partial charge >= 0.3 is 0 Å². The Balaban J connectivity index is 1.21. The number of aromatic nitrogens is 4. The molecule has 3 aromatic rings. The summed E-state index contributed by atoms with van der Waals surface area (Å²) in [7, 11) is 0. The van der Waals surface area contributed by atoms with Gasteiger partial charge in [-0.15, -0.1) is 0 Å². The maximum absolute atomic E-state index is 12.6. The van der Waals surface area contributed by atoms with Gasteiger partial charge in [0.25, 0.3) is 5.78 Å². The molecule has 0 radical (unpaired) electrons. The summed E-state index contributed by atoms with van der Waals surface area (Å²) in [6.45, 7) is 9.71. The number of ether oxygens (including phenoxy) is 1. The lowest BCUT2D eigenvalue weighted by atomic mass is 10.1. The molecular formula is C23H30N6O2. The summed E-state index contributed by atoms with van der Waals surface area (Å²) in [6, 6.07) is 8.26. The zero-order valence-corrected chi connectivity index (χ0v) is 18.5. The Morgan fingerprint density at radius 2 is 1.87 bits per heavy atom. The van der Waals surface area contributed by atoms with Gasteiger partial charge in [-0.1, -0.05) is 12.1 Å². The Hall–Kier alpha value is -3.16. The van der Waals surface area contributed by atoms with E-state index in [4.69, 9.17) is 4.74 Å². The zero-order chi connectivity index (χ0) is 21.8. The fourth-order valence-corrected chi connectivity index (χ4v) is 3.90. The second-order valence-electron chi connectivity index (χ2n) is 8.17. The SMILES string of the molecule is Cc1ccc(C)c(OCCCCC(=O)N2CCN(c3cc(C)nc4ncnn34)CC2)c1. The number of anilines is 1. The third-order valence-electron chi connectivity index (χ3n) is 5.70. The Morgan fingerprint density at radius 3 is 2.68 bits per heavy atom. The van der Waals surface area contributed by atoms with E-state index in [9.17, 15) is 4.79 Å². The molecule has 4 rings (SSSR count). The second kappa shape index (κ2) is 9.32. The number of hydrogen-bond acceptors (Lipinski definition) is 6. The largest absolute Gasteiger partial charge is 0.493 e. The van der Waals surface area contributed by atoms with Crippen molar-refractivity contribution in [2.45, 2.75) is 40.0 Å². The summed E-state index contributed by atoms with van der Waals surface area (Å²) in [6.07, 6.45) is 3.81. The topological polar surface area (TPSA) is 75.9 Å². The molecule has 8 heteroatoms. The molecule has 0 unspecified atom stereocenters. The standard InChI is InChI=1S/C23H30N6O2/c1-17-7-8-18(2)20(14-17)31-13-5-4-6-22(30)28-11-9-27(10-12-28)21-15-19(3)26-23-24-16-25-29(21)23/h7-8,14-16H,4-6,9-13H2,1-3H3. The van der Waals surface area contributed by atoms with Crippen molar-refractivity contribution < 1.29 is 9.53 Å². The van der Waals surface area contributed by atoms with Gasteiger partial charge < -0.3 is 14.5 Å². The lowest BCUT2D eigenvalue weighted by Gasteiger charge is -2.36. The van der Waals surface area contributed by atoms with Crippen LogP contribution in [0.1, 0.15) is 36.1 Å². The van der Waals surface area contributed by atoms with E-state index in [0.29, 0.717) is 18.8 Å². The summed E-state index contributed by atoms with van der Waals surface area (Å²) in [5.41, 5.74) is 3.26. The van der Waals surface area contributed by atoms with Crippen LogP contribution in [0.5, 0.6) is 5.75 Å². The smallest absolute Gasteiger partial charge is 0.254 e. The number of amides is 1. The van der Waals surface area contributed by atoms with Gasteiger partial charge in [-0.25, -0.2) is 4.98 Å². The Morgan fingerprint density at radius 1 is 1.06 bits per heavy atom. The Kier molecular flexibility index (Phi) is 6.34. The zero-order valence-electron chi connectivity index (χ0n) is 18.5. The van der Waals surface area contributed by atoms with Crippen LogP contribution in [-0.2, 0) is 4.79 Å². The van der Waals surface area contributed by atoms with Crippen LogP contribution in [0.3, 0.4) is 0 Å². The molecule has 8 nitrogen and oxygen atoms in total. The summed E-state index contributed by atoms with van der Waals surface area (Å²) < 4.78 is 7.66. The van der Waals surface area contributed by atoms with Crippen molar-refractivity contribution in [1.29, 1.82) is 0 Å². The summed E-state index contributed by atoms with van der Waals surface area (Å²) in [4.78, 5) is 25.4. The number of benzene rings is 1. The van der Waals surface area contributed by atoms with Crippen LogP contribution >= 0.6 is 0 Å². The molecule has 3 heterocycles. The van der Waals surface area contributed by atoms with Crippen LogP contribution < -0.4 is 9.64 Å². The molecule has 1 aliphatic rings. The Bertz CT molecular complexity index is 1060. The van der Waals surface area contributed by atoms with Crippen molar-refractivity contribution in [3.8, 4) is 5.75 Å². The lowest BCUT2D eigenvalue weighted by Crippen LogP contribution is -2.49. The maximum Gasteiger partial charge on any atom is 0.254 e. The van der Waals surface area contributed by atoms with Gasteiger partial charge in [0.2, 0.25) is 5.91 Å². The molecule has 1 amide bonds. The first kappa shape index (κ1) is 21.1. The molecule has 1 saturated heterocycles. The average Bonchev–Trinajstić information content (AvgIpc) is 3.23. The molecule has 0 saturated carbocycles. The number of hydrogen-bond donors (Lipinski definition) is 0. The minimum atomic E-state index is 0.225. The number of nitrogens with zero attached hydrogens (tertiary/aromatic N) is 6. The van der Waals surface area contributed by atoms with Crippen LogP contribution in [0, 0.1) is 20.8 Å². The molecule has 0 aliphatic carbocycles. The predicted octanol–water partition coefficient (Wildman–Crippen LogP) is 2.95. The van der Waals surface area contributed by atoms with E-state index >= 15 is 0 Å². The van der Waals surface area contributed by atoms with E-state index in [2.05, 4.69) is 52.0 Å². The van der Waals surface area contributed by atoms with Crippen molar-refractivity contribution in [2.24, 2.45) is 0 Å². The minimum absolute atomic E-state index is 0.225. The maximum atomic E-state index is 12.6. The van der Waals surface area contributed by atoms with Gasteiger partial charge in [0, 0.05) is 44.4 Å². The third-order valence-corrected chi connectivity index (χ3v) is 5.70. The first-order chi connectivity index (χ1) is 15.0. The third kappa shape index (κ3) is 4.95. The van der Waals surface area contributed by atoms with E-state index in [1.807, 2.05) is 17.9 Å². The Labute approximate surface area is 182 Å². The predicted molar refractivity (Wildman–Crippen MR) is 120 cm³/mol. The van der Waals surface area contributed by atoms with Gasteiger partial charge in [-0.05, 0) is 50.8 Å². The van der Waals surface area contributed by atoms with E-state index in [-0.39, 0.29) is 5.91 Å². The minimum Gasteiger partial charge on any atom is -0.493 e. The summed E-state index contributed by atoms with van der Waals surface area (Å²) in [5, 5.41) is 4.29. The van der Waals surface area contributed by atoms with Crippen LogP contribution in [0.4, 0.5) is 5.82 Å². The molecular weight excluding hydrogens is 392 g/mol. The number of rotatable bonds is 7. The van der Waals surface area contributed by atoms with Crippen LogP contribution in [0.25, 0.3) is 5.78 Å². The molecule has 0 atom stereocenters. The van der Waals surface area contributed by atoms with Crippen molar-refractivity contribution in [1.82, 2.24) is 24.5 Å². The van der Waals surface area contributed by atoms with E-state index < -0.39 is 0 Å². The van der Waals surface area contributed by atoms with Crippen molar-refractivity contribution in [3.63, 3.8) is 0 Å². The van der Waals surface area contributed by atoms with E-state index in [1.54, 1.807) is 4.52 Å². The highest BCUT2D eigenvalue weighted by molar-refractivity contribution is 5.76. The molecule has 0 N–H and O–H groups in total. The number of carbonyl (C=O) groups excluding carboxylic acids is 1. The van der Waals surface area contributed by atoms with Gasteiger partial charge in [-0.3, -0.25) is 4.79 Å². The van der Waals surface area contributed by atoms with E-state index in [0.717, 1.165) is 61.8 Å². The van der Waals surface area contributed by atoms with Gasteiger partial charge in [0.15, 0.2) is 0 Å². The fraction of sp³-hybridized carbons (Fsp3) is 0.478. The van der Waals surface area contributed by atoms with Crippen molar-refractivity contribution in [2.75, 3.05) is 37.7 Å². The molecule has 2 aromatic heterocycles. The van der Waals surface area contributed by atoms with Gasteiger partial charge in [0.05, 0.1) is 6.61 Å². The molecule has 0 bridgehead atoms. The normalized spacial score (nSPS) is 14.3. The lowest BCUT2D eigenvalue weighted by molar-refractivity contribution is -0.131. The molecule has 0 spiro atoms. The average molecular weight is 423 g/mol. The van der Waals surface area contributed by atoms with Crippen LogP contribution in [-0.4, -0.2) is 63.2 Å². The summed E-state index contributed by atoms with van der Waals surface area (Å²) in [5.74, 6) is 2.76. The highest BCUT2D eigenvalue weighted by Gasteiger charge is 2.23. The number of piperazine rings is 1. The number of fused-ring (bicyclic) bond motifs is 1. The molecule has 1 aromatic carbocycles. The van der Waals surface area contributed by atoms with Gasteiger partial charge in [-0.2, -0.15) is 14.6 Å². The molecule has 1 aliphatic heterocycles. The van der Waals surface area contributed by atoms with Crippen LogP contribution in [0.15, 0.2) is 30.6 Å². The van der Waals surface area contributed by atoms with Crippen LogP contribution in [0.2, 0.25) is 0 Å². The monoisotopic (exact) mass is 422 g/mol. The van der Waals surface area contributed by atoms with E-state index in [1.165, 1.54) is 11.9 Å². The number of aryl methyl sites for hydroxylation is 3. The highest BCUT2D eigenvalue weighted by atomic mass is 16.5. The van der Waals surface area contributed by atoms with Crippen molar-refractivity contribution >= 4 is 17.5 Å². The van der Waals surface area contributed by atoms with Crippen molar-refractivity contribution in [3.05, 3.63) is 47.4 Å². The first-order valence-electron chi connectivity index (χ1n) is 10.9. The molecule has 1 fully saturated rings.